The van der Waals surface area contributed by atoms with Gasteiger partial charge >= 0.3 is 0 Å². The molecule has 2 heteroatoms. The number of rotatable bonds is 3. The van der Waals surface area contributed by atoms with Crippen LogP contribution in [0.3, 0.4) is 0 Å². The van der Waals surface area contributed by atoms with Crippen LogP contribution in [0.1, 0.15) is 44.8 Å². The minimum absolute atomic E-state index is 0.610. The summed E-state index contributed by atoms with van der Waals surface area (Å²) in [6, 6.07) is 2.74. The van der Waals surface area contributed by atoms with Gasteiger partial charge in [-0.05, 0) is 38.2 Å². The van der Waals surface area contributed by atoms with Crippen molar-refractivity contribution < 1.29 is 0 Å². The van der Waals surface area contributed by atoms with Crippen LogP contribution in [0.2, 0.25) is 0 Å². The summed E-state index contributed by atoms with van der Waals surface area (Å²) < 4.78 is 2.21. The maximum Gasteiger partial charge on any atom is 0.0522 e. The molecule has 0 N–H and O–H groups in total. The van der Waals surface area contributed by atoms with Gasteiger partial charge in [0.1, 0.15) is 0 Å². The van der Waals surface area contributed by atoms with Gasteiger partial charge in [0.05, 0.1) is 6.04 Å². The number of hydrogen-bond acceptors (Lipinski definition) is 1. The Hall–Kier alpha value is -0.790. The van der Waals surface area contributed by atoms with Crippen molar-refractivity contribution in [2.45, 2.75) is 45.6 Å². The molecule has 0 amide bonds. The molecule has 1 saturated carbocycles. The second kappa shape index (κ2) is 3.52. The zero-order chi connectivity index (χ0) is 9.26. The zero-order valence-corrected chi connectivity index (χ0v) is 8.53. The third-order valence-electron chi connectivity index (χ3n) is 3.33. The Morgan fingerprint density at radius 2 is 2.38 bits per heavy atom. The first-order valence-electron chi connectivity index (χ1n) is 5.35. The monoisotopic (exact) mass is 178 g/mol. The van der Waals surface area contributed by atoms with Gasteiger partial charge in [-0.2, -0.15) is 5.10 Å². The van der Waals surface area contributed by atoms with Crippen molar-refractivity contribution in [3.63, 3.8) is 0 Å². The predicted molar refractivity (Wildman–Crippen MR) is 53.7 cm³/mol. The van der Waals surface area contributed by atoms with Crippen LogP contribution in [-0.4, -0.2) is 9.78 Å². The normalized spacial score (nSPS) is 19.8. The standard InChI is InChI=1S/C11H18N2/c1-3-11-7-8-12-13(11)9(2)10-5-4-6-10/h7-10H,3-6H2,1-2H3. The van der Waals surface area contributed by atoms with Crippen molar-refractivity contribution in [2.24, 2.45) is 5.92 Å². The van der Waals surface area contributed by atoms with Gasteiger partial charge in [0.15, 0.2) is 0 Å². The number of aromatic nitrogens is 2. The molecule has 1 unspecified atom stereocenters. The van der Waals surface area contributed by atoms with Gasteiger partial charge in [0, 0.05) is 11.9 Å². The molecule has 0 saturated heterocycles. The van der Waals surface area contributed by atoms with E-state index in [2.05, 4.69) is 29.7 Å². The smallest absolute Gasteiger partial charge is 0.0522 e. The van der Waals surface area contributed by atoms with Crippen LogP contribution in [0, 0.1) is 5.92 Å². The van der Waals surface area contributed by atoms with Gasteiger partial charge in [-0.1, -0.05) is 13.3 Å². The largest absolute Gasteiger partial charge is 0.267 e. The van der Waals surface area contributed by atoms with Crippen LogP contribution in [-0.2, 0) is 6.42 Å². The fourth-order valence-corrected chi connectivity index (χ4v) is 2.11. The lowest BCUT2D eigenvalue weighted by Gasteiger charge is -2.32. The first-order chi connectivity index (χ1) is 6.33. The summed E-state index contributed by atoms with van der Waals surface area (Å²) in [6.45, 7) is 4.50. The third-order valence-corrected chi connectivity index (χ3v) is 3.33. The highest BCUT2D eigenvalue weighted by molar-refractivity contribution is 5.02. The Labute approximate surface area is 80.0 Å². The van der Waals surface area contributed by atoms with E-state index in [-0.39, 0.29) is 0 Å². The summed E-state index contributed by atoms with van der Waals surface area (Å²) in [4.78, 5) is 0. The van der Waals surface area contributed by atoms with Crippen LogP contribution in [0.5, 0.6) is 0 Å². The predicted octanol–water partition coefficient (Wildman–Crippen LogP) is 2.81. The van der Waals surface area contributed by atoms with Crippen molar-refractivity contribution >= 4 is 0 Å². The molecule has 1 aliphatic carbocycles. The molecular weight excluding hydrogens is 160 g/mol. The highest BCUT2D eigenvalue weighted by Crippen LogP contribution is 2.36. The summed E-state index contributed by atoms with van der Waals surface area (Å²) in [5.41, 5.74) is 1.37. The molecule has 2 rings (SSSR count). The van der Waals surface area contributed by atoms with E-state index in [1.807, 2.05) is 6.20 Å². The molecule has 1 aromatic heterocycles. The molecule has 72 valence electrons. The van der Waals surface area contributed by atoms with Crippen molar-refractivity contribution in [3.8, 4) is 0 Å². The molecular formula is C11H18N2. The lowest BCUT2D eigenvalue weighted by atomic mass is 9.80. The van der Waals surface area contributed by atoms with Crippen LogP contribution in [0.25, 0.3) is 0 Å². The Morgan fingerprint density at radius 3 is 2.92 bits per heavy atom. The van der Waals surface area contributed by atoms with E-state index in [4.69, 9.17) is 0 Å². The highest BCUT2D eigenvalue weighted by atomic mass is 15.3. The molecule has 1 atom stereocenters. The third kappa shape index (κ3) is 1.50. The minimum atomic E-state index is 0.610. The summed E-state index contributed by atoms with van der Waals surface area (Å²) >= 11 is 0. The quantitative estimate of drug-likeness (QED) is 0.696. The highest BCUT2D eigenvalue weighted by Gasteiger charge is 2.26. The average molecular weight is 178 g/mol. The topological polar surface area (TPSA) is 17.8 Å². The van der Waals surface area contributed by atoms with Crippen molar-refractivity contribution in [1.82, 2.24) is 9.78 Å². The van der Waals surface area contributed by atoms with Crippen LogP contribution >= 0.6 is 0 Å². The van der Waals surface area contributed by atoms with Crippen LogP contribution in [0.15, 0.2) is 12.3 Å². The Balaban J connectivity index is 2.13. The first-order valence-corrected chi connectivity index (χ1v) is 5.35. The lowest BCUT2D eigenvalue weighted by Crippen LogP contribution is -2.24. The second-order valence-corrected chi connectivity index (χ2v) is 4.05. The second-order valence-electron chi connectivity index (χ2n) is 4.05. The van der Waals surface area contributed by atoms with Crippen LogP contribution < -0.4 is 0 Å². The summed E-state index contributed by atoms with van der Waals surface area (Å²) in [5.74, 6) is 0.880. The van der Waals surface area contributed by atoms with Gasteiger partial charge in [-0.3, -0.25) is 4.68 Å². The fourth-order valence-electron chi connectivity index (χ4n) is 2.11. The molecule has 1 aromatic rings. The molecule has 0 radical (unpaired) electrons. The maximum absolute atomic E-state index is 4.41. The van der Waals surface area contributed by atoms with E-state index in [9.17, 15) is 0 Å². The zero-order valence-electron chi connectivity index (χ0n) is 8.53. The molecule has 1 fully saturated rings. The molecule has 0 spiro atoms. The molecule has 0 bridgehead atoms. The molecule has 0 aromatic carbocycles. The fraction of sp³-hybridized carbons (Fsp3) is 0.727. The maximum atomic E-state index is 4.41. The Bertz CT molecular complexity index is 273. The van der Waals surface area contributed by atoms with E-state index in [0.29, 0.717) is 6.04 Å². The lowest BCUT2D eigenvalue weighted by molar-refractivity contribution is 0.207. The van der Waals surface area contributed by atoms with Gasteiger partial charge in [-0.25, -0.2) is 0 Å². The van der Waals surface area contributed by atoms with E-state index >= 15 is 0 Å². The van der Waals surface area contributed by atoms with Gasteiger partial charge in [0.2, 0.25) is 0 Å². The number of aryl methyl sites for hydroxylation is 1. The van der Waals surface area contributed by atoms with E-state index < -0.39 is 0 Å². The van der Waals surface area contributed by atoms with Gasteiger partial charge in [0.25, 0.3) is 0 Å². The van der Waals surface area contributed by atoms with Gasteiger partial charge < -0.3 is 0 Å². The van der Waals surface area contributed by atoms with Crippen molar-refractivity contribution in [3.05, 3.63) is 18.0 Å². The molecule has 2 nitrogen and oxygen atoms in total. The van der Waals surface area contributed by atoms with E-state index in [1.54, 1.807) is 0 Å². The minimum Gasteiger partial charge on any atom is -0.267 e. The molecule has 1 heterocycles. The number of nitrogens with zero attached hydrogens (tertiary/aromatic N) is 2. The molecule has 13 heavy (non-hydrogen) atoms. The van der Waals surface area contributed by atoms with Crippen LogP contribution in [0.4, 0.5) is 0 Å². The first kappa shape index (κ1) is 8.79. The van der Waals surface area contributed by atoms with Crippen molar-refractivity contribution in [1.29, 1.82) is 0 Å². The van der Waals surface area contributed by atoms with E-state index in [0.717, 1.165) is 12.3 Å². The van der Waals surface area contributed by atoms with Crippen molar-refractivity contribution in [2.75, 3.05) is 0 Å². The Kier molecular flexibility index (Phi) is 2.38. The molecule has 0 aliphatic heterocycles. The summed E-state index contributed by atoms with van der Waals surface area (Å²) in [5, 5.41) is 4.41. The summed E-state index contributed by atoms with van der Waals surface area (Å²) in [7, 11) is 0. The SMILES string of the molecule is CCc1ccnn1C(C)C1CCC1. The molecule has 1 aliphatic rings. The van der Waals surface area contributed by atoms with E-state index in [1.165, 1.54) is 25.0 Å². The Morgan fingerprint density at radius 1 is 1.62 bits per heavy atom. The van der Waals surface area contributed by atoms with Gasteiger partial charge in [-0.15, -0.1) is 0 Å². The number of hydrogen-bond donors (Lipinski definition) is 0. The average Bonchev–Trinajstić information content (AvgIpc) is 2.47. The summed E-state index contributed by atoms with van der Waals surface area (Å²) in [6.07, 6.45) is 7.22.